The zero-order valence-corrected chi connectivity index (χ0v) is 12.7. The molecule has 0 bridgehead atoms. The van der Waals surface area contributed by atoms with Crippen molar-refractivity contribution in [2.45, 2.75) is 72.1 Å². The third kappa shape index (κ3) is 3.87. The standard InChI is InChI=1S/C14H29N3O/c1-7-8-16-12(15)17-10-9-11(14(10,5)6)18-13(2,3)4/h10-11H,7-9H2,1-6H3,(H3,15,16,17)/t10-,11+/m1/s1. The smallest absolute Gasteiger partial charge is 0.188 e. The van der Waals surface area contributed by atoms with Crippen LogP contribution in [0, 0.1) is 5.41 Å². The lowest BCUT2D eigenvalue weighted by Gasteiger charge is -2.53. The van der Waals surface area contributed by atoms with Crippen LogP contribution >= 0.6 is 0 Å². The van der Waals surface area contributed by atoms with Crippen LogP contribution in [-0.4, -0.2) is 30.3 Å². The summed E-state index contributed by atoms with van der Waals surface area (Å²) in [5.41, 5.74) is 5.87. The van der Waals surface area contributed by atoms with E-state index >= 15 is 0 Å². The van der Waals surface area contributed by atoms with E-state index in [-0.39, 0.29) is 17.1 Å². The molecule has 1 aliphatic rings. The van der Waals surface area contributed by atoms with Gasteiger partial charge in [-0.2, -0.15) is 0 Å². The summed E-state index contributed by atoms with van der Waals surface area (Å²) < 4.78 is 6.06. The van der Waals surface area contributed by atoms with Crippen LogP contribution in [0.2, 0.25) is 0 Å². The molecular weight excluding hydrogens is 226 g/mol. The van der Waals surface area contributed by atoms with Crippen LogP contribution in [-0.2, 0) is 4.74 Å². The molecule has 1 rings (SSSR count). The number of nitrogens with one attached hydrogen (secondary N) is 1. The summed E-state index contributed by atoms with van der Waals surface area (Å²) in [7, 11) is 0. The average Bonchev–Trinajstić information content (AvgIpc) is 2.23. The number of hydrogen-bond donors (Lipinski definition) is 2. The van der Waals surface area contributed by atoms with Gasteiger partial charge in [-0.15, -0.1) is 0 Å². The van der Waals surface area contributed by atoms with Gasteiger partial charge < -0.3 is 15.8 Å². The molecule has 18 heavy (non-hydrogen) atoms. The number of aliphatic imine (C=N–C) groups is 1. The van der Waals surface area contributed by atoms with Crippen molar-refractivity contribution in [1.29, 1.82) is 0 Å². The molecule has 0 heterocycles. The molecule has 2 atom stereocenters. The van der Waals surface area contributed by atoms with Gasteiger partial charge in [0.25, 0.3) is 0 Å². The molecule has 4 heteroatoms. The van der Waals surface area contributed by atoms with Crippen molar-refractivity contribution in [2.75, 3.05) is 6.54 Å². The second kappa shape index (κ2) is 5.47. The molecule has 0 aromatic carbocycles. The topological polar surface area (TPSA) is 59.6 Å². The molecule has 0 unspecified atom stereocenters. The summed E-state index contributed by atoms with van der Waals surface area (Å²) >= 11 is 0. The molecule has 0 aliphatic heterocycles. The number of ether oxygens (including phenoxy) is 1. The van der Waals surface area contributed by atoms with Gasteiger partial charge in [-0.1, -0.05) is 20.8 Å². The number of nitrogens with zero attached hydrogens (tertiary/aromatic N) is 1. The van der Waals surface area contributed by atoms with Crippen LogP contribution in [0.3, 0.4) is 0 Å². The fraction of sp³-hybridized carbons (Fsp3) is 0.929. The van der Waals surface area contributed by atoms with Crippen molar-refractivity contribution in [3.05, 3.63) is 0 Å². The van der Waals surface area contributed by atoms with Crippen molar-refractivity contribution < 1.29 is 4.74 Å². The van der Waals surface area contributed by atoms with Crippen LogP contribution in [0.25, 0.3) is 0 Å². The molecular formula is C14H29N3O. The summed E-state index contributed by atoms with van der Waals surface area (Å²) in [5.74, 6) is 0.559. The molecule has 0 amide bonds. The molecule has 0 saturated heterocycles. The Balaban J connectivity index is 2.49. The van der Waals surface area contributed by atoms with E-state index in [0.29, 0.717) is 12.0 Å². The Labute approximate surface area is 111 Å². The molecule has 3 N–H and O–H groups in total. The largest absolute Gasteiger partial charge is 0.372 e. The monoisotopic (exact) mass is 255 g/mol. The van der Waals surface area contributed by atoms with E-state index in [4.69, 9.17) is 10.5 Å². The lowest BCUT2D eigenvalue weighted by atomic mass is 9.64. The maximum atomic E-state index is 6.06. The van der Waals surface area contributed by atoms with Crippen LogP contribution in [0.1, 0.15) is 54.4 Å². The third-order valence-electron chi connectivity index (χ3n) is 3.50. The van der Waals surface area contributed by atoms with Crippen LogP contribution in [0.15, 0.2) is 4.99 Å². The SMILES string of the molecule is CCCN=C(N)N[C@@H]1C[C@H](OC(C)(C)C)C1(C)C. The maximum absolute atomic E-state index is 6.06. The quantitative estimate of drug-likeness (QED) is 0.598. The molecule has 0 aromatic rings. The first-order chi connectivity index (χ1) is 8.16. The Morgan fingerprint density at radius 3 is 2.50 bits per heavy atom. The van der Waals surface area contributed by atoms with E-state index in [0.717, 1.165) is 19.4 Å². The molecule has 1 saturated carbocycles. The molecule has 106 valence electrons. The zero-order chi connectivity index (χ0) is 14.0. The molecule has 1 fully saturated rings. The van der Waals surface area contributed by atoms with Crippen molar-refractivity contribution in [3.8, 4) is 0 Å². The van der Waals surface area contributed by atoms with Crippen molar-refractivity contribution in [1.82, 2.24) is 5.32 Å². The first-order valence-corrected chi connectivity index (χ1v) is 6.91. The number of rotatable bonds is 4. The second-order valence-electron chi connectivity index (χ2n) is 6.74. The lowest BCUT2D eigenvalue weighted by Crippen LogP contribution is -2.64. The third-order valence-corrected chi connectivity index (χ3v) is 3.50. The van der Waals surface area contributed by atoms with Crippen molar-refractivity contribution in [2.24, 2.45) is 16.1 Å². The Morgan fingerprint density at radius 2 is 2.06 bits per heavy atom. The van der Waals surface area contributed by atoms with Crippen LogP contribution < -0.4 is 11.1 Å². The van der Waals surface area contributed by atoms with Crippen LogP contribution in [0.5, 0.6) is 0 Å². The Bertz CT molecular complexity index is 305. The highest BCUT2D eigenvalue weighted by molar-refractivity contribution is 5.78. The molecule has 0 radical (unpaired) electrons. The first kappa shape index (κ1) is 15.3. The predicted octanol–water partition coefficient (Wildman–Crippen LogP) is 2.28. The van der Waals surface area contributed by atoms with Gasteiger partial charge in [-0.25, -0.2) is 0 Å². The minimum absolute atomic E-state index is 0.0885. The summed E-state index contributed by atoms with van der Waals surface area (Å²) in [6, 6.07) is 0.352. The van der Waals surface area contributed by atoms with Gasteiger partial charge in [0.15, 0.2) is 5.96 Å². The van der Waals surface area contributed by atoms with Crippen LogP contribution in [0.4, 0.5) is 0 Å². The molecule has 4 nitrogen and oxygen atoms in total. The van der Waals surface area contributed by atoms with Gasteiger partial charge in [-0.3, -0.25) is 4.99 Å². The summed E-state index contributed by atoms with van der Waals surface area (Å²) in [6.07, 6.45) is 2.30. The zero-order valence-electron chi connectivity index (χ0n) is 12.7. The predicted molar refractivity (Wildman–Crippen MR) is 76.7 cm³/mol. The highest BCUT2D eigenvalue weighted by Gasteiger charge is 2.50. The number of guanidine groups is 1. The summed E-state index contributed by atoms with van der Waals surface area (Å²) in [6.45, 7) is 13.6. The minimum atomic E-state index is -0.0885. The average molecular weight is 255 g/mol. The fourth-order valence-electron chi connectivity index (χ4n) is 2.21. The molecule has 0 spiro atoms. The lowest BCUT2D eigenvalue weighted by molar-refractivity contribution is -0.170. The highest BCUT2D eigenvalue weighted by Crippen LogP contribution is 2.44. The van der Waals surface area contributed by atoms with E-state index in [9.17, 15) is 0 Å². The van der Waals surface area contributed by atoms with Crippen molar-refractivity contribution in [3.63, 3.8) is 0 Å². The van der Waals surface area contributed by atoms with Gasteiger partial charge >= 0.3 is 0 Å². The van der Waals surface area contributed by atoms with E-state index in [2.05, 4.69) is 51.9 Å². The van der Waals surface area contributed by atoms with Gasteiger partial charge in [0, 0.05) is 18.0 Å². The Hall–Kier alpha value is -0.770. The van der Waals surface area contributed by atoms with Gasteiger partial charge in [0.05, 0.1) is 11.7 Å². The van der Waals surface area contributed by atoms with E-state index < -0.39 is 0 Å². The van der Waals surface area contributed by atoms with E-state index in [1.165, 1.54) is 0 Å². The summed E-state index contributed by atoms with van der Waals surface area (Å²) in [5, 5.41) is 3.30. The summed E-state index contributed by atoms with van der Waals surface area (Å²) in [4.78, 5) is 4.27. The van der Waals surface area contributed by atoms with Crippen molar-refractivity contribution >= 4 is 5.96 Å². The fourth-order valence-corrected chi connectivity index (χ4v) is 2.21. The normalized spacial score (nSPS) is 27.8. The molecule has 0 aromatic heterocycles. The number of nitrogens with two attached hydrogens (primary N) is 1. The minimum Gasteiger partial charge on any atom is -0.372 e. The maximum Gasteiger partial charge on any atom is 0.188 e. The van der Waals surface area contributed by atoms with Gasteiger partial charge in [0.1, 0.15) is 0 Å². The number of hydrogen-bond acceptors (Lipinski definition) is 2. The van der Waals surface area contributed by atoms with Gasteiger partial charge in [-0.05, 0) is 33.6 Å². The van der Waals surface area contributed by atoms with E-state index in [1.807, 2.05) is 0 Å². The van der Waals surface area contributed by atoms with E-state index in [1.54, 1.807) is 0 Å². The molecule has 1 aliphatic carbocycles. The Morgan fingerprint density at radius 1 is 1.44 bits per heavy atom. The highest BCUT2D eigenvalue weighted by atomic mass is 16.5. The van der Waals surface area contributed by atoms with Gasteiger partial charge in [0.2, 0.25) is 0 Å². The first-order valence-electron chi connectivity index (χ1n) is 6.91. The second-order valence-corrected chi connectivity index (χ2v) is 6.74. The Kier molecular flexibility index (Phi) is 4.65.